The average molecular weight is 492 g/mol. The van der Waals surface area contributed by atoms with E-state index in [1.807, 2.05) is 51.1 Å². The summed E-state index contributed by atoms with van der Waals surface area (Å²) in [6.45, 7) is 11.7. The zero-order valence-electron chi connectivity index (χ0n) is 22.1. The fraction of sp³-hybridized carbons (Fsp3) is 0.467. The Hall–Kier alpha value is -3.28. The lowest BCUT2D eigenvalue weighted by Gasteiger charge is -2.26. The van der Waals surface area contributed by atoms with Crippen LogP contribution in [0.2, 0.25) is 0 Å². The zero-order valence-corrected chi connectivity index (χ0v) is 22.1. The number of carbonyl (C=O) groups excluding carboxylic acids is 1. The van der Waals surface area contributed by atoms with E-state index < -0.39 is 6.04 Å². The van der Waals surface area contributed by atoms with Crippen molar-refractivity contribution in [1.82, 2.24) is 4.90 Å². The van der Waals surface area contributed by atoms with E-state index in [0.717, 1.165) is 48.8 Å². The Morgan fingerprint density at radius 3 is 2.42 bits per heavy atom. The molecule has 0 N–H and O–H groups in total. The lowest BCUT2D eigenvalue weighted by Crippen LogP contribution is -2.30. The Bertz CT molecular complexity index is 1310. The van der Waals surface area contributed by atoms with Crippen LogP contribution in [0.25, 0.3) is 11.0 Å². The minimum absolute atomic E-state index is 0.138. The van der Waals surface area contributed by atoms with E-state index in [-0.39, 0.29) is 17.1 Å². The van der Waals surface area contributed by atoms with Gasteiger partial charge in [0.2, 0.25) is 5.76 Å². The Labute approximate surface area is 213 Å². The van der Waals surface area contributed by atoms with Crippen molar-refractivity contribution >= 4 is 16.9 Å². The monoisotopic (exact) mass is 491 g/mol. The van der Waals surface area contributed by atoms with E-state index >= 15 is 0 Å². The summed E-state index contributed by atoms with van der Waals surface area (Å²) in [5, 5.41) is 0.539. The predicted molar refractivity (Wildman–Crippen MR) is 142 cm³/mol. The van der Waals surface area contributed by atoms with Crippen LogP contribution in [-0.4, -0.2) is 30.6 Å². The van der Waals surface area contributed by atoms with Gasteiger partial charge >= 0.3 is 0 Å². The maximum absolute atomic E-state index is 13.9. The van der Waals surface area contributed by atoms with E-state index in [1.165, 1.54) is 0 Å². The number of rotatable bonds is 11. The number of aryl methyl sites for hydroxylation is 2. The lowest BCUT2D eigenvalue weighted by molar-refractivity contribution is 0.0724. The summed E-state index contributed by atoms with van der Waals surface area (Å²) in [5.41, 5.74) is 3.41. The van der Waals surface area contributed by atoms with Gasteiger partial charge in [-0.05, 0) is 68.5 Å². The van der Waals surface area contributed by atoms with Gasteiger partial charge in [-0.25, -0.2) is 0 Å². The van der Waals surface area contributed by atoms with E-state index in [4.69, 9.17) is 13.9 Å². The fourth-order valence-electron chi connectivity index (χ4n) is 5.03. The second-order valence-corrected chi connectivity index (χ2v) is 9.58. The molecular formula is C30H37NO5. The van der Waals surface area contributed by atoms with Gasteiger partial charge in [0, 0.05) is 6.54 Å². The molecule has 0 fully saturated rings. The lowest BCUT2D eigenvalue weighted by atomic mass is 9.96. The maximum Gasteiger partial charge on any atom is 0.290 e. The molecular weight excluding hydrogens is 454 g/mol. The van der Waals surface area contributed by atoms with E-state index in [0.29, 0.717) is 47.8 Å². The quantitative estimate of drug-likeness (QED) is 0.278. The molecule has 1 atom stereocenters. The van der Waals surface area contributed by atoms with E-state index in [1.54, 1.807) is 4.90 Å². The number of unbranched alkanes of at least 4 members (excludes halogenated alkanes) is 3. The number of nitrogens with zero attached hydrogens (tertiary/aromatic N) is 1. The molecule has 0 saturated heterocycles. The van der Waals surface area contributed by atoms with E-state index in [9.17, 15) is 9.59 Å². The van der Waals surface area contributed by atoms with Crippen molar-refractivity contribution in [3.8, 4) is 11.5 Å². The Morgan fingerprint density at radius 2 is 1.69 bits per heavy atom. The molecule has 6 heteroatoms. The second kappa shape index (κ2) is 11.2. The smallest absolute Gasteiger partial charge is 0.290 e. The van der Waals surface area contributed by atoms with Crippen molar-refractivity contribution in [1.29, 1.82) is 0 Å². The highest BCUT2D eigenvalue weighted by Crippen LogP contribution is 2.41. The normalized spacial score (nSPS) is 15.0. The van der Waals surface area contributed by atoms with Gasteiger partial charge in [0.25, 0.3) is 5.91 Å². The molecule has 4 rings (SSSR count). The molecule has 0 aliphatic carbocycles. The van der Waals surface area contributed by atoms with Crippen LogP contribution >= 0.6 is 0 Å². The third kappa shape index (κ3) is 4.86. The van der Waals surface area contributed by atoms with Crippen LogP contribution < -0.4 is 14.9 Å². The van der Waals surface area contributed by atoms with Gasteiger partial charge in [-0.2, -0.15) is 0 Å². The molecule has 192 valence electrons. The molecule has 2 aromatic carbocycles. The predicted octanol–water partition coefficient (Wildman–Crippen LogP) is 6.72. The number of ether oxygens (including phenoxy) is 2. The SMILES string of the molecule is CCCCCN1C(=O)c2oc3cc(C)cc(C)c3c(=O)c2C1c1ccc(OCCCC)c(OCC)c1. The fourth-order valence-corrected chi connectivity index (χ4v) is 5.03. The van der Waals surface area contributed by atoms with Gasteiger partial charge in [0.1, 0.15) is 5.58 Å². The number of hydrogen-bond acceptors (Lipinski definition) is 5. The molecule has 1 aliphatic rings. The van der Waals surface area contributed by atoms with Gasteiger partial charge in [0.15, 0.2) is 16.9 Å². The van der Waals surface area contributed by atoms with Gasteiger partial charge in [0.05, 0.1) is 30.2 Å². The van der Waals surface area contributed by atoms with Gasteiger partial charge in [-0.3, -0.25) is 9.59 Å². The third-order valence-electron chi connectivity index (χ3n) is 6.75. The molecule has 6 nitrogen and oxygen atoms in total. The minimum Gasteiger partial charge on any atom is -0.490 e. The van der Waals surface area contributed by atoms with Crippen LogP contribution in [0.4, 0.5) is 0 Å². The highest BCUT2D eigenvalue weighted by molar-refractivity contribution is 5.99. The summed E-state index contributed by atoms with van der Waals surface area (Å²) in [4.78, 5) is 29.3. The maximum atomic E-state index is 13.9. The van der Waals surface area contributed by atoms with Crippen molar-refractivity contribution in [3.05, 3.63) is 68.6 Å². The van der Waals surface area contributed by atoms with Crippen molar-refractivity contribution in [2.75, 3.05) is 19.8 Å². The first-order valence-corrected chi connectivity index (χ1v) is 13.2. The molecule has 0 radical (unpaired) electrons. The Kier molecular flexibility index (Phi) is 8.02. The number of benzene rings is 2. The van der Waals surface area contributed by atoms with Crippen LogP contribution in [-0.2, 0) is 0 Å². The first kappa shape index (κ1) is 25.8. The van der Waals surface area contributed by atoms with Gasteiger partial charge in [-0.1, -0.05) is 45.2 Å². The number of fused-ring (bicyclic) bond motifs is 2. The number of amides is 1. The summed E-state index contributed by atoms with van der Waals surface area (Å²) in [6.07, 6.45) is 4.89. The van der Waals surface area contributed by atoms with Crippen molar-refractivity contribution in [2.24, 2.45) is 0 Å². The molecule has 0 saturated carbocycles. The second-order valence-electron chi connectivity index (χ2n) is 9.58. The molecule has 1 unspecified atom stereocenters. The van der Waals surface area contributed by atoms with E-state index in [2.05, 4.69) is 13.8 Å². The highest BCUT2D eigenvalue weighted by Gasteiger charge is 2.42. The first-order valence-electron chi connectivity index (χ1n) is 13.2. The molecule has 1 aliphatic heterocycles. The topological polar surface area (TPSA) is 69.0 Å². The minimum atomic E-state index is -0.533. The Morgan fingerprint density at radius 1 is 0.917 bits per heavy atom. The summed E-state index contributed by atoms with van der Waals surface area (Å²) in [7, 11) is 0. The molecule has 36 heavy (non-hydrogen) atoms. The molecule has 2 heterocycles. The molecule has 3 aromatic rings. The largest absolute Gasteiger partial charge is 0.490 e. The number of hydrogen-bond donors (Lipinski definition) is 0. The summed E-state index contributed by atoms with van der Waals surface area (Å²) >= 11 is 0. The van der Waals surface area contributed by atoms with Crippen LogP contribution in [0.15, 0.2) is 39.5 Å². The van der Waals surface area contributed by atoms with Crippen LogP contribution in [0.5, 0.6) is 11.5 Å². The molecule has 1 aromatic heterocycles. The number of carbonyl (C=O) groups is 1. The third-order valence-corrected chi connectivity index (χ3v) is 6.75. The summed E-state index contributed by atoms with van der Waals surface area (Å²) in [6, 6.07) is 9.02. The Balaban J connectivity index is 1.87. The van der Waals surface area contributed by atoms with Crippen LogP contribution in [0.3, 0.4) is 0 Å². The van der Waals surface area contributed by atoms with Crippen molar-refractivity contribution in [2.45, 2.75) is 72.8 Å². The molecule has 0 spiro atoms. The van der Waals surface area contributed by atoms with Crippen LogP contribution in [0, 0.1) is 13.8 Å². The van der Waals surface area contributed by atoms with Crippen molar-refractivity contribution in [3.63, 3.8) is 0 Å². The standard InChI is InChI=1S/C30H37NO5/c1-6-9-11-14-31-27(21-12-13-22(35-15-10-7-2)23(18-21)34-8-3)26-28(32)25-20(5)16-19(4)17-24(25)36-29(26)30(31)33/h12-13,16-18,27H,6-11,14-15H2,1-5H3. The van der Waals surface area contributed by atoms with Crippen LogP contribution in [0.1, 0.15) is 91.7 Å². The van der Waals surface area contributed by atoms with Crippen molar-refractivity contribution < 1.29 is 18.7 Å². The van der Waals surface area contributed by atoms with Gasteiger partial charge < -0.3 is 18.8 Å². The molecule has 0 bridgehead atoms. The first-order chi connectivity index (χ1) is 17.4. The summed E-state index contributed by atoms with van der Waals surface area (Å²) < 4.78 is 18.1. The highest BCUT2D eigenvalue weighted by atomic mass is 16.5. The molecule has 1 amide bonds. The zero-order chi connectivity index (χ0) is 25.8. The summed E-state index contributed by atoms with van der Waals surface area (Å²) in [5.74, 6) is 1.22. The van der Waals surface area contributed by atoms with Gasteiger partial charge in [-0.15, -0.1) is 0 Å². The average Bonchev–Trinajstić information content (AvgIpc) is 3.12.